The molecule has 2 N–H and O–H groups in total. The van der Waals surface area contributed by atoms with Gasteiger partial charge in [0, 0.05) is 12.8 Å². The van der Waals surface area contributed by atoms with E-state index in [1.165, 1.54) is 141 Å². The van der Waals surface area contributed by atoms with E-state index in [4.69, 9.17) is 10.2 Å². The summed E-state index contributed by atoms with van der Waals surface area (Å²) in [6, 6.07) is 0. The molecule has 0 heterocycles. The van der Waals surface area contributed by atoms with Crippen LogP contribution in [-0.2, 0) is 9.59 Å². The molecule has 0 aromatic heterocycles. The zero-order chi connectivity index (χ0) is 27.0. The Labute approximate surface area is 303 Å². The summed E-state index contributed by atoms with van der Waals surface area (Å²) < 4.78 is 0. The van der Waals surface area contributed by atoms with Crippen molar-refractivity contribution in [2.45, 2.75) is 194 Å². The molecule has 0 atom stereocenters. The fourth-order valence-corrected chi connectivity index (χ4v) is 4.59. The van der Waals surface area contributed by atoms with Crippen molar-refractivity contribution in [3.8, 4) is 0 Å². The number of hydrogen-bond donors (Lipinski definition) is 2. The average molecular weight is 597 g/mol. The van der Waals surface area contributed by atoms with Crippen molar-refractivity contribution in [3.05, 3.63) is 0 Å². The quantitative estimate of drug-likeness (QED) is 0.0696. The molecule has 6 heteroatoms. The second-order valence-electron chi connectivity index (χ2n) is 10.8. The van der Waals surface area contributed by atoms with Crippen LogP contribution in [0.25, 0.3) is 0 Å². The molecule has 0 saturated carbocycles. The summed E-state index contributed by atoms with van der Waals surface area (Å²) in [6.07, 6.45) is 34.5. The van der Waals surface area contributed by atoms with E-state index in [2.05, 4.69) is 13.8 Å². The molecule has 0 fully saturated rings. The van der Waals surface area contributed by atoms with Crippen molar-refractivity contribution in [3.63, 3.8) is 0 Å². The molecule has 0 aliphatic heterocycles. The Morgan fingerprint density at radius 1 is 0.368 bits per heavy atom. The molecule has 4 nitrogen and oxygen atoms in total. The van der Waals surface area contributed by atoms with Crippen LogP contribution in [0.15, 0.2) is 0 Å². The average Bonchev–Trinajstić information content (AvgIpc) is 2.85. The van der Waals surface area contributed by atoms with Crippen LogP contribution < -0.4 is 0 Å². The fraction of sp³-hybridized carbons (Fsp3) is 0.938. The molecular formula is C32H68Ca2O4. The van der Waals surface area contributed by atoms with E-state index < -0.39 is 11.9 Å². The summed E-state index contributed by atoms with van der Waals surface area (Å²) in [5.74, 6) is -1.31. The fourth-order valence-electron chi connectivity index (χ4n) is 4.59. The number of carboxylic acids is 2. The van der Waals surface area contributed by atoms with Gasteiger partial charge in [0.15, 0.2) is 0 Å². The Balaban J connectivity index is -0.0000000803. The zero-order valence-electron chi connectivity index (χ0n) is 29.9. The number of unbranched alkanes of at least 4 members (excludes halogenated alkanes) is 24. The van der Waals surface area contributed by atoms with Gasteiger partial charge in [-0.1, -0.05) is 168 Å². The van der Waals surface area contributed by atoms with Gasteiger partial charge in [-0.3, -0.25) is 9.59 Å². The Hall–Kier alpha value is 1.46. The second kappa shape index (κ2) is 42.9. The Morgan fingerprint density at radius 3 is 0.684 bits per heavy atom. The monoisotopic (exact) mass is 596 g/mol. The van der Waals surface area contributed by atoms with Gasteiger partial charge in [-0.15, -0.1) is 0 Å². The van der Waals surface area contributed by atoms with E-state index in [0.717, 1.165) is 25.7 Å². The van der Waals surface area contributed by atoms with Gasteiger partial charge in [-0.05, 0) is 12.8 Å². The molecule has 0 rings (SSSR count). The van der Waals surface area contributed by atoms with Crippen LogP contribution in [0.3, 0.4) is 0 Å². The predicted molar refractivity (Wildman–Crippen MR) is 172 cm³/mol. The van der Waals surface area contributed by atoms with Crippen LogP contribution in [0.5, 0.6) is 0 Å². The molecule has 0 radical (unpaired) electrons. The summed E-state index contributed by atoms with van der Waals surface area (Å²) in [6.45, 7) is 4.52. The maximum absolute atomic E-state index is 10.3. The van der Waals surface area contributed by atoms with Crippen LogP contribution in [0, 0.1) is 0 Å². The molecule has 0 saturated heterocycles. The zero-order valence-corrected chi connectivity index (χ0v) is 30.3. The van der Waals surface area contributed by atoms with Crippen LogP contribution >= 0.6 is 0 Å². The summed E-state index contributed by atoms with van der Waals surface area (Å²) in [7, 11) is 0. The minimum atomic E-state index is -0.655. The molecule has 0 amide bonds. The maximum atomic E-state index is 10.3. The molecule has 0 spiro atoms. The van der Waals surface area contributed by atoms with Gasteiger partial charge in [-0.2, -0.15) is 0 Å². The topological polar surface area (TPSA) is 74.6 Å². The van der Waals surface area contributed by atoms with Crippen molar-refractivity contribution in [2.75, 3.05) is 0 Å². The first kappa shape index (κ1) is 46.4. The number of carboxylic acid groups (broad SMARTS) is 2. The van der Waals surface area contributed by atoms with E-state index in [-0.39, 0.29) is 81.2 Å². The van der Waals surface area contributed by atoms with Crippen molar-refractivity contribution >= 4 is 87.4 Å². The van der Waals surface area contributed by atoms with Crippen molar-refractivity contribution in [2.24, 2.45) is 0 Å². The van der Waals surface area contributed by atoms with Crippen LogP contribution in [0.1, 0.15) is 199 Å². The molecule has 0 bridgehead atoms. The first-order valence-electron chi connectivity index (χ1n) is 16.0. The maximum Gasteiger partial charge on any atom is 2.00 e. The first-order chi connectivity index (χ1) is 17.5. The van der Waals surface area contributed by atoms with E-state index in [1.54, 1.807) is 0 Å². The molecule has 0 aromatic rings. The Kier molecular flexibility index (Phi) is 52.4. The normalized spacial score (nSPS) is 10.2. The van der Waals surface area contributed by atoms with Crippen LogP contribution in [0.4, 0.5) is 0 Å². The van der Waals surface area contributed by atoms with Crippen molar-refractivity contribution in [1.82, 2.24) is 0 Å². The summed E-state index contributed by atoms with van der Waals surface area (Å²) in [4.78, 5) is 20.6. The molecule has 0 unspecified atom stereocenters. The summed E-state index contributed by atoms with van der Waals surface area (Å²) in [5, 5.41) is 17.0. The first-order valence-corrected chi connectivity index (χ1v) is 16.0. The molecule has 0 aliphatic carbocycles. The van der Waals surface area contributed by atoms with Gasteiger partial charge in [0.05, 0.1) is 0 Å². The number of aliphatic carboxylic acids is 2. The van der Waals surface area contributed by atoms with Gasteiger partial charge in [0.2, 0.25) is 0 Å². The third kappa shape index (κ3) is 50.3. The van der Waals surface area contributed by atoms with E-state index >= 15 is 0 Å². The predicted octanol–water partition coefficient (Wildman–Crippen LogP) is 10.8. The van der Waals surface area contributed by atoms with Crippen molar-refractivity contribution in [1.29, 1.82) is 0 Å². The number of rotatable bonds is 28. The van der Waals surface area contributed by atoms with Gasteiger partial charge in [0.25, 0.3) is 0 Å². The van der Waals surface area contributed by atoms with Gasteiger partial charge in [-0.25, -0.2) is 0 Å². The van der Waals surface area contributed by atoms with Gasteiger partial charge < -0.3 is 15.9 Å². The van der Waals surface area contributed by atoms with Crippen molar-refractivity contribution < 1.29 is 25.5 Å². The van der Waals surface area contributed by atoms with Crippen LogP contribution in [-0.4, -0.2) is 97.6 Å². The third-order valence-corrected chi connectivity index (χ3v) is 6.99. The van der Waals surface area contributed by atoms with E-state index in [9.17, 15) is 9.59 Å². The minimum Gasteiger partial charge on any atom is -1.00 e. The third-order valence-electron chi connectivity index (χ3n) is 6.99. The molecule has 0 aromatic carbocycles. The standard InChI is InChI=1S/2C16H32O2.2Ca.4H/c2*1-2-3-4-5-6-7-8-9-10-11-12-13-14-15-16(17)18;;;;;;/h2*2-15H2,1H3,(H,17,18);;;;;;/q;;2*+2;4*-1. The van der Waals surface area contributed by atoms with Crippen LogP contribution in [0.2, 0.25) is 0 Å². The van der Waals surface area contributed by atoms with E-state index in [0.29, 0.717) is 12.8 Å². The summed E-state index contributed by atoms with van der Waals surface area (Å²) >= 11 is 0. The number of carbonyl (C=O) groups is 2. The minimum absolute atomic E-state index is 0. The molecule has 38 heavy (non-hydrogen) atoms. The van der Waals surface area contributed by atoms with Gasteiger partial charge >= 0.3 is 87.4 Å². The molecular weight excluding hydrogens is 529 g/mol. The largest absolute Gasteiger partial charge is 2.00 e. The molecule has 224 valence electrons. The van der Waals surface area contributed by atoms with Gasteiger partial charge in [0.1, 0.15) is 0 Å². The number of hydrogen-bond acceptors (Lipinski definition) is 2. The second-order valence-corrected chi connectivity index (χ2v) is 10.8. The SMILES string of the molecule is CCCCCCCCCCCCCCCC(=O)O.CCCCCCCCCCCCCCCC(=O)O.[Ca+2].[Ca+2].[H-].[H-].[H-].[H-]. The Morgan fingerprint density at radius 2 is 0.526 bits per heavy atom. The summed E-state index contributed by atoms with van der Waals surface area (Å²) in [5.41, 5.74) is 0. The Bertz CT molecular complexity index is 426. The smallest absolute Gasteiger partial charge is 1.00 e. The van der Waals surface area contributed by atoms with E-state index in [1.807, 2.05) is 0 Å². The molecule has 0 aliphatic rings.